The number of rotatable bonds is 3. The quantitative estimate of drug-likeness (QED) is 0.869. The summed E-state index contributed by atoms with van der Waals surface area (Å²) in [5.41, 5.74) is 2.61. The average Bonchev–Trinajstić information content (AvgIpc) is 3.32. The Morgan fingerprint density at radius 3 is 2.83 bits per heavy atom. The van der Waals surface area contributed by atoms with E-state index in [-0.39, 0.29) is 18.1 Å². The van der Waals surface area contributed by atoms with Gasteiger partial charge < -0.3 is 9.64 Å². The zero-order valence-electron chi connectivity index (χ0n) is 14.5. The number of amides is 1. The summed E-state index contributed by atoms with van der Waals surface area (Å²) in [7, 11) is 0. The molecule has 128 valence electrons. The summed E-state index contributed by atoms with van der Waals surface area (Å²) in [5.74, 6) is 0.572. The van der Waals surface area contributed by atoms with Crippen molar-refractivity contribution >= 4 is 16.9 Å². The maximum absolute atomic E-state index is 13.1. The van der Waals surface area contributed by atoms with Gasteiger partial charge in [-0.3, -0.25) is 4.79 Å². The normalized spacial score (nSPS) is 21.7. The van der Waals surface area contributed by atoms with Gasteiger partial charge in [-0.25, -0.2) is 9.67 Å². The molecule has 2 fully saturated rings. The minimum absolute atomic E-state index is 0.0720. The Morgan fingerprint density at radius 1 is 1.38 bits per heavy atom. The summed E-state index contributed by atoms with van der Waals surface area (Å²) in [6.45, 7) is 8.06. The topological polar surface area (TPSA) is 60.2 Å². The molecule has 6 nitrogen and oxygen atoms in total. The first-order valence-corrected chi connectivity index (χ1v) is 8.83. The van der Waals surface area contributed by atoms with E-state index in [2.05, 4.69) is 18.9 Å². The third-order valence-corrected chi connectivity index (χ3v) is 4.83. The Hall–Kier alpha value is -1.95. The van der Waals surface area contributed by atoms with Gasteiger partial charge in [-0.05, 0) is 39.7 Å². The van der Waals surface area contributed by atoms with E-state index in [9.17, 15) is 4.79 Å². The molecule has 1 aliphatic carbocycles. The fourth-order valence-corrected chi connectivity index (χ4v) is 3.35. The largest absolute Gasteiger partial charge is 0.375 e. The molecule has 3 heterocycles. The Morgan fingerprint density at radius 2 is 2.17 bits per heavy atom. The number of carbonyl (C=O) groups excluding carboxylic acids is 1. The van der Waals surface area contributed by atoms with Crippen LogP contribution < -0.4 is 0 Å². The van der Waals surface area contributed by atoms with Crippen LogP contribution in [0.2, 0.25) is 0 Å². The van der Waals surface area contributed by atoms with E-state index in [4.69, 9.17) is 9.72 Å². The zero-order valence-corrected chi connectivity index (χ0v) is 14.5. The minimum atomic E-state index is 0.0720. The van der Waals surface area contributed by atoms with Crippen LogP contribution in [0.4, 0.5) is 0 Å². The number of hydrogen-bond acceptors (Lipinski definition) is 4. The van der Waals surface area contributed by atoms with E-state index in [0.717, 1.165) is 35.1 Å². The fraction of sp³-hybridized carbons (Fsp3) is 0.611. The summed E-state index contributed by atoms with van der Waals surface area (Å²) >= 11 is 0. The van der Waals surface area contributed by atoms with Crippen molar-refractivity contribution in [1.82, 2.24) is 19.7 Å². The van der Waals surface area contributed by atoms with Crippen molar-refractivity contribution in [2.24, 2.45) is 0 Å². The molecular weight excluding hydrogens is 304 g/mol. The van der Waals surface area contributed by atoms with Crippen LogP contribution in [-0.2, 0) is 4.74 Å². The maximum Gasteiger partial charge on any atom is 0.254 e. The molecule has 6 heteroatoms. The van der Waals surface area contributed by atoms with Gasteiger partial charge in [0.05, 0.1) is 29.9 Å². The molecule has 4 rings (SSSR count). The van der Waals surface area contributed by atoms with Crippen LogP contribution in [0.15, 0.2) is 12.3 Å². The average molecular weight is 328 g/mol. The highest BCUT2D eigenvalue weighted by Gasteiger charge is 2.30. The number of carbonyl (C=O) groups is 1. The minimum Gasteiger partial charge on any atom is -0.375 e. The Labute approximate surface area is 141 Å². The molecule has 0 N–H and O–H groups in total. The first kappa shape index (κ1) is 15.6. The second-order valence-corrected chi connectivity index (χ2v) is 7.22. The molecule has 1 saturated heterocycles. The SMILES string of the molecule is CC(C)n1ncc2c(C(=O)N3CCO[C@@H](C)C3)cc(C3CC3)nc21. The second-order valence-electron chi connectivity index (χ2n) is 7.22. The van der Waals surface area contributed by atoms with Crippen LogP contribution in [-0.4, -0.2) is 51.4 Å². The molecule has 1 aliphatic heterocycles. The van der Waals surface area contributed by atoms with Gasteiger partial charge in [-0.1, -0.05) is 0 Å². The number of pyridine rings is 1. The molecule has 0 radical (unpaired) electrons. The molecule has 2 aromatic rings. The molecule has 0 spiro atoms. The molecule has 1 atom stereocenters. The summed E-state index contributed by atoms with van der Waals surface area (Å²) in [5, 5.41) is 5.34. The number of aromatic nitrogens is 3. The monoisotopic (exact) mass is 328 g/mol. The molecule has 2 aromatic heterocycles. The molecule has 0 aromatic carbocycles. The first-order valence-electron chi connectivity index (χ1n) is 8.83. The fourth-order valence-electron chi connectivity index (χ4n) is 3.35. The number of ether oxygens (including phenoxy) is 1. The van der Waals surface area contributed by atoms with Crippen LogP contribution in [0, 0.1) is 0 Å². The van der Waals surface area contributed by atoms with Crippen LogP contribution in [0.5, 0.6) is 0 Å². The first-order chi connectivity index (χ1) is 11.5. The van der Waals surface area contributed by atoms with Crippen molar-refractivity contribution in [2.45, 2.75) is 51.7 Å². The van der Waals surface area contributed by atoms with Crippen LogP contribution in [0.3, 0.4) is 0 Å². The molecule has 24 heavy (non-hydrogen) atoms. The van der Waals surface area contributed by atoms with Crippen molar-refractivity contribution in [3.63, 3.8) is 0 Å². The van der Waals surface area contributed by atoms with Crippen molar-refractivity contribution in [3.8, 4) is 0 Å². The summed E-state index contributed by atoms with van der Waals surface area (Å²) in [6, 6.07) is 2.21. The van der Waals surface area contributed by atoms with Crippen LogP contribution >= 0.6 is 0 Å². The van der Waals surface area contributed by atoms with Gasteiger partial charge in [0.2, 0.25) is 0 Å². The molecule has 1 amide bonds. The molecule has 2 aliphatic rings. The molecule has 1 saturated carbocycles. The van der Waals surface area contributed by atoms with E-state index in [1.165, 1.54) is 0 Å². The molecular formula is C18H24N4O2. The van der Waals surface area contributed by atoms with Crippen LogP contribution in [0.1, 0.15) is 61.6 Å². The van der Waals surface area contributed by atoms with Crippen molar-refractivity contribution in [1.29, 1.82) is 0 Å². The van der Waals surface area contributed by atoms with E-state index in [1.54, 1.807) is 6.20 Å². The predicted molar refractivity (Wildman–Crippen MR) is 91.2 cm³/mol. The van der Waals surface area contributed by atoms with E-state index < -0.39 is 0 Å². The van der Waals surface area contributed by atoms with E-state index in [0.29, 0.717) is 25.6 Å². The van der Waals surface area contributed by atoms with E-state index in [1.807, 2.05) is 22.6 Å². The van der Waals surface area contributed by atoms with E-state index >= 15 is 0 Å². The van der Waals surface area contributed by atoms with Gasteiger partial charge in [-0.2, -0.15) is 5.10 Å². The zero-order chi connectivity index (χ0) is 16.8. The Bertz CT molecular complexity index is 779. The van der Waals surface area contributed by atoms with Gasteiger partial charge in [0.25, 0.3) is 5.91 Å². The lowest BCUT2D eigenvalue weighted by Gasteiger charge is -2.31. The third kappa shape index (κ3) is 2.69. The Kier molecular flexibility index (Phi) is 3.79. The highest BCUT2D eigenvalue weighted by molar-refractivity contribution is 6.05. The van der Waals surface area contributed by atoms with Crippen molar-refractivity contribution in [2.75, 3.05) is 19.7 Å². The number of hydrogen-bond donors (Lipinski definition) is 0. The van der Waals surface area contributed by atoms with Gasteiger partial charge in [0, 0.05) is 30.7 Å². The predicted octanol–water partition coefficient (Wildman–Crippen LogP) is 2.75. The number of fused-ring (bicyclic) bond motifs is 1. The molecule has 0 unspecified atom stereocenters. The summed E-state index contributed by atoms with van der Waals surface area (Å²) in [4.78, 5) is 19.9. The van der Waals surface area contributed by atoms with Gasteiger partial charge in [0.1, 0.15) is 0 Å². The Balaban J connectivity index is 1.79. The lowest BCUT2D eigenvalue weighted by molar-refractivity contribution is -0.0123. The standard InChI is InChI=1S/C18H24N4O2/c1-11(2)22-17-15(9-19-22)14(8-16(20-17)13-4-5-13)18(23)21-6-7-24-12(3)10-21/h8-9,11-13H,4-7,10H2,1-3H3/t12-/m0/s1. The third-order valence-electron chi connectivity index (χ3n) is 4.83. The smallest absolute Gasteiger partial charge is 0.254 e. The maximum atomic E-state index is 13.1. The summed E-state index contributed by atoms with van der Waals surface area (Å²) in [6.07, 6.45) is 4.20. The van der Waals surface area contributed by atoms with Crippen molar-refractivity contribution in [3.05, 3.63) is 23.5 Å². The second kappa shape index (κ2) is 5.84. The van der Waals surface area contributed by atoms with Gasteiger partial charge in [-0.15, -0.1) is 0 Å². The molecule has 0 bridgehead atoms. The number of nitrogens with zero attached hydrogens (tertiary/aromatic N) is 4. The lowest BCUT2D eigenvalue weighted by atomic mass is 10.1. The highest BCUT2D eigenvalue weighted by atomic mass is 16.5. The van der Waals surface area contributed by atoms with Gasteiger partial charge in [0.15, 0.2) is 5.65 Å². The van der Waals surface area contributed by atoms with Crippen molar-refractivity contribution < 1.29 is 9.53 Å². The number of morpholine rings is 1. The van der Waals surface area contributed by atoms with Crippen LogP contribution in [0.25, 0.3) is 11.0 Å². The lowest BCUT2D eigenvalue weighted by Crippen LogP contribution is -2.44. The highest BCUT2D eigenvalue weighted by Crippen LogP contribution is 2.40. The summed E-state index contributed by atoms with van der Waals surface area (Å²) < 4.78 is 7.48. The van der Waals surface area contributed by atoms with Gasteiger partial charge >= 0.3 is 0 Å².